The lowest BCUT2D eigenvalue weighted by Gasteiger charge is -2.33. The van der Waals surface area contributed by atoms with Crippen molar-refractivity contribution in [2.24, 2.45) is 0 Å². The third-order valence-corrected chi connectivity index (χ3v) is 2.62. The van der Waals surface area contributed by atoms with Crippen molar-refractivity contribution in [3.05, 3.63) is 24.2 Å². The number of urea groups is 1. The smallest absolute Gasteiger partial charge is 0.318 e. The quantitative estimate of drug-likeness (QED) is 0.821. The van der Waals surface area contributed by atoms with Gasteiger partial charge in [-0.25, -0.2) is 4.79 Å². The van der Waals surface area contributed by atoms with Crippen LogP contribution >= 0.6 is 0 Å². The summed E-state index contributed by atoms with van der Waals surface area (Å²) in [5, 5.41) is 2.82. The molecule has 1 aromatic heterocycles. The van der Waals surface area contributed by atoms with Gasteiger partial charge >= 0.3 is 6.03 Å². The molecular weight excluding hydrogens is 208 g/mol. The third kappa shape index (κ3) is 2.55. The number of nitrogens with one attached hydrogen (secondary N) is 1. The molecule has 0 spiro atoms. The molecule has 1 atom stereocenters. The topological polar surface area (TPSA) is 54.7 Å². The zero-order valence-electron chi connectivity index (χ0n) is 9.31. The van der Waals surface area contributed by atoms with Crippen LogP contribution in [-0.2, 0) is 11.3 Å². The van der Waals surface area contributed by atoms with Crippen LogP contribution in [0.15, 0.2) is 22.8 Å². The lowest BCUT2D eigenvalue weighted by atomic mass is 10.3. The molecule has 1 saturated heterocycles. The number of morpholine rings is 1. The molecule has 1 aromatic rings. The van der Waals surface area contributed by atoms with Gasteiger partial charge in [-0.1, -0.05) is 0 Å². The maximum absolute atomic E-state index is 11.8. The maximum Gasteiger partial charge on any atom is 0.318 e. The summed E-state index contributed by atoms with van der Waals surface area (Å²) < 4.78 is 10.4. The second-order valence-corrected chi connectivity index (χ2v) is 3.86. The number of hydrogen-bond acceptors (Lipinski definition) is 3. The maximum atomic E-state index is 11.8. The molecule has 0 bridgehead atoms. The first-order chi connectivity index (χ1) is 7.77. The van der Waals surface area contributed by atoms with Gasteiger partial charge in [0, 0.05) is 6.54 Å². The second-order valence-electron chi connectivity index (χ2n) is 3.86. The summed E-state index contributed by atoms with van der Waals surface area (Å²) >= 11 is 0. The third-order valence-electron chi connectivity index (χ3n) is 2.62. The van der Waals surface area contributed by atoms with Gasteiger partial charge in [-0.05, 0) is 19.1 Å². The number of furan rings is 1. The van der Waals surface area contributed by atoms with Crippen molar-refractivity contribution in [3.63, 3.8) is 0 Å². The number of hydrogen-bond donors (Lipinski definition) is 1. The molecule has 16 heavy (non-hydrogen) atoms. The zero-order chi connectivity index (χ0) is 11.4. The van der Waals surface area contributed by atoms with E-state index >= 15 is 0 Å². The van der Waals surface area contributed by atoms with Crippen molar-refractivity contribution in [2.75, 3.05) is 19.8 Å². The Morgan fingerprint density at radius 1 is 1.69 bits per heavy atom. The Morgan fingerprint density at radius 2 is 2.56 bits per heavy atom. The Kier molecular flexibility index (Phi) is 3.46. The largest absolute Gasteiger partial charge is 0.467 e. The number of nitrogens with zero attached hydrogens (tertiary/aromatic N) is 1. The van der Waals surface area contributed by atoms with Gasteiger partial charge in [0.25, 0.3) is 0 Å². The summed E-state index contributed by atoms with van der Waals surface area (Å²) in [6, 6.07) is 3.71. The summed E-state index contributed by atoms with van der Waals surface area (Å²) in [4.78, 5) is 13.6. The minimum Gasteiger partial charge on any atom is -0.467 e. The fourth-order valence-corrected chi connectivity index (χ4v) is 1.71. The summed E-state index contributed by atoms with van der Waals surface area (Å²) in [6.07, 6.45) is 1.60. The highest BCUT2D eigenvalue weighted by molar-refractivity contribution is 5.74. The molecule has 2 heterocycles. The van der Waals surface area contributed by atoms with Crippen LogP contribution in [0.2, 0.25) is 0 Å². The summed E-state index contributed by atoms with van der Waals surface area (Å²) in [6.45, 7) is 4.26. The van der Waals surface area contributed by atoms with Gasteiger partial charge in [-0.2, -0.15) is 0 Å². The number of carbonyl (C=O) groups excluding carboxylic acids is 1. The Labute approximate surface area is 94.4 Å². The lowest BCUT2D eigenvalue weighted by Crippen LogP contribution is -2.51. The van der Waals surface area contributed by atoms with Crippen molar-refractivity contribution in [3.8, 4) is 0 Å². The average Bonchev–Trinajstić information content (AvgIpc) is 2.79. The standard InChI is InChI=1S/C11H16N2O3/c1-9-8-15-6-4-13(9)11(14)12-7-10-3-2-5-16-10/h2-3,5,9H,4,6-8H2,1H3,(H,12,14)/t9-/m0/s1. The molecule has 0 radical (unpaired) electrons. The van der Waals surface area contributed by atoms with Crippen LogP contribution in [0.1, 0.15) is 12.7 Å². The van der Waals surface area contributed by atoms with E-state index in [1.807, 2.05) is 13.0 Å². The molecular formula is C11H16N2O3. The van der Waals surface area contributed by atoms with Crippen molar-refractivity contribution >= 4 is 6.03 Å². The minimum absolute atomic E-state index is 0.0628. The molecule has 88 valence electrons. The predicted octanol–water partition coefficient (Wildman–Crippen LogP) is 1.21. The van der Waals surface area contributed by atoms with E-state index in [9.17, 15) is 4.79 Å². The highest BCUT2D eigenvalue weighted by Crippen LogP contribution is 2.06. The molecule has 0 aliphatic carbocycles. The van der Waals surface area contributed by atoms with E-state index in [2.05, 4.69) is 5.32 Å². The SMILES string of the molecule is C[C@H]1COCCN1C(=O)NCc1ccco1. The van der Waals surface area contributed by atoms with Crippen LogP contribution in [0.5, 0.6) is 0 Å². The molecule has 1 N–H and O–H groups in total. The first-order valence-corrected chi connectivity index (χ1v) is 5.42. The van der Waals surface area contributed by atoms with E-state index in [-0.39, 0.29) is 12.1 Å². The first kappa shape index (κ1) is 11.0. The van der Waals surface area contributed by atoms with Gasteiger partial charge in [0.05, 0.1) is 32.1 Å². The second kappa shape index (κ2) is 5.03. The van der Waals surface area contributed by atoms with Crippen LogP contribution in [0.3, 0.4) is 0 Å². The summed E-state index contributed by atoms with van der Waals surface area (Å²) in [5.74, 6) is 0.759. The van der Waals surface area contributed by atoms with Crippen molar-refractivity contribution in [1.29, 1.82) is 0 Å². The van der Waals surface area contributed by atoms with Gasteiger partial charge in [0.2, 0.25) is 0 Å². The lowest BCUT2D eigenvalue weighted by molar-refractivity contribution is 0.0189. The monoisotopic (exact) mass is 224 g/mol. The minimum atomic E-state index is -0.0628. The van der Waals surface area contributed by atoms with Gasteiger partial charge < -0.3 is 19.4 Å². The number of amides is 2. The highest BCUT2D eigenvalue weighted by atomic mass is 16.5. The molecule has 0 aromatic carbocycles. The normalized spacial score (nSPS) is 20.8. The molecule has 0 unspecified atom stereocenters. The number of ether oxygens (including phenoxy) is 1. The Bertz CT molecular complexity index is 337. The van der Waals surface area contributed by atoms with Crippen molar-refractivity contribution in [1.82, 2.24) is 10.2 Å². The fraction of sp³-hybridized carbons (Fsp3) is 0.545. The van der Waals surface area contributed by atoms with Crippen LogP contribution in [0, 0.1) is 0 Å². The van der Waals surface area contributed by atoms with E-state index in [1.54, 1.807) is 17.2 Å². The van der Waals surface area contributed by atoms with Crippen LogP contribution < -0.4 is 5.32 Å². The molecule has 5 heteroatoms. The molecule has 2 amide bonds. The molecule has 1 aliphatic heterocycles. The van der Waals surface area contributed by atoms with Gasteiger partial charge in [-0.3, -0.25) is 0 Å². The Balaban J connectivity index is 1.83. The molecule has 0 saturated carbocycles. The van der Waals surface area contributed by atoms with Gasteiger partial charge in [-0.15, -0.1) is 0 Å². The van der Waals surface area contributed by atoms with E-state index in [0.29, 0.717) is 26.3 Å². The number of carbonyl (C=O) groups is 1. The highest BCUT2D eigenvalue weighted by Gasteiger charge is 2.23. The van der Waals surface area contributed by atoms with E-state index in [0.717, 1.165) is 5.76 Å². The van der Waals surface area contributed by atoms with Crippen LogP contribution in [-0.4, -0.2) is 36.7 Å². The number of rotatable bonds is 2. The average molecular weight is 224 g/mol. The molecule has 5 nitrogen and oxygen atoms in total. The van der Waals surface area contributed by atoms with Crippen LogP contribution in [0.25, 0.3) is 0 Å². The Hall–Kier alpha value is -1.49. The van der Waals surface area contributed by atoms with E-state index < -0.39 is 0 Å². The summed E-state index contributed by atoms with van der Waals surface area (Å²) in [7, 11) is 0. The van der Waals surface area contributed by atoms with Crippen molar-refractivity contribution in [2.45, 2.75) is 19.5 Å². The fourth-order valence-electron chi connectivity index (χ4n) is 1.71. The summed E-state index contributed by atoms with van der Waals surface area (Å²) in [5.41, 5.74) is 0. The molecule has 2 rings (SSSR count). The van der Waals surface area contributed by atoms with E-state index in [1.165, 1.54) is 0 Å². The molecule has 1 fully saturated rings. The Morgan fingerprint density at radius 3 is 3.25 bits per heavy atom. The zero-order valence-corrected chi connectivity index (χ0v) is 9.31. The molecule has 1 aliphatic rings. The van der Waals surface area contributed by atoms with Crippen LogP contribution in [0.4, 0.5) is 4.79 Å². The van der Waals surface area contributed by atoms with E-state index in [4.69, 9.17) is 9.15 Å². The van der Waals surface area contributed by atoms with Gasteiger partial charge in [0.15, 0.2) is 0 Å². The first-order valence-electron chi connectivity index (χ1n) is 5.42. The van der Waals surface area contributed by atoms with Gasteiger partial charge in [0.1, 0.15) is 5.76 Å². The predicted molar refractivity (Wildman–Crippen MR) is 57.9 cm³/mol. The van der Waals surface area contributed by atoms with Crippen molar-refractivity contribution < 1.29 is 13.9 Å².